The molecule has 0 saturated carbocycles. The van der Waals surface area contributed by atoms with Crippen LogP contribution in [0.2, 0.25) is 0 Å². The van der Waals surface area contributed by atoms with Gasteiger partial charge in [-0.05, 0) is 43.2 Å². The molecule has 1 aliphatic heterocycles. The van der Waals surface area contributed by atoms with E-state index in [9.17, 15) is 16.8 Å². The van der Waals surface area contributed by atoms with Gasteiger partial charge in [0.25, 0.3) is 0 Å². The van der Waals surface area contributed by atoms with Crippen LogP contribution in [0.15, 0.2) is 58.3 Å². The van der Waals surface area contributed by atoms with Gasteiger partial charge < -0.3 is 4.74 Å². The van der Waals surface area contributed by atoms with Gasteiger partial charge in [-0.3, -0.25) is 0 Å². The summed E-state index contributed by atoms with van der Waals surface area (Å²) in [5.74, 6) is 0. The molecular weight excluding hydrogens is 400 g/mol. The number of aryl methyl sites for hydroxylation is 1. The van der Waals surface area contributed by atoms with E-state index >= 15 is 0 Å². The van der Waals surface area contributed by atoms with Gasteiger partial charge in [0.2, 0.25) is 20.0 Å². The Bertz CT molecular complexity index is 995. The van der Waals surface area contributed by atoms with Crippen molar-refractivity contribution in [2.75, 3.05) is 32.8 Å². The van der Waals surface area contributed by atoms with Crippen molar-refractivity contribution in [1.29, 1.82) is 0 Å². The highest BCUT2D eigenvalue weighted by Gasteiger charge is 2.26. The zero-order chi connectivity index (χ0) is 20.2. The van der Waals surface area contributed by atoms with Crippen LogP contribution < -0.4 is 4.72 Å². The summed E-state index contributed by atoms with van der Waals surface area (Å²) in [4.78, 5) is 0.462. The molecule has 0 amide bonds. The molecule has 9 heteroatoms. The van der Waals surface area contributed by atoms with Crippen LogP contribution in [0.25, 0.3) is 0 Å². The van der Waals surface area contributed by atoms with E-state index in [2.05, 4.69) is 4.72 Å². The van der Waals surface area contributed by atoms with Crippen molar-refractivity contribution in [3.05, 3.63) is 59.7 Å². The number of ether oxygens (including phenoxy) is 1. The Kier molecular flexibility index (Phi) is 6.51. The fourth-order valence-electron chi connectivity index (χ4n) is 2.89. The van der Waals surface area contributed by atoms with E-state index in [1.807, 2.05) is 6.92 Å². The highest BCUT2D eigenvalue weighted by atomic mass is 32.2. The van der Waals surface area contributed by atoms with Gasteiger partial charge in [0, 0.05) is 19.6 Å². The summed E-state index contributed by atoms with van der Waals surface area (Å²) < 4.78 is 59.0. The predicted molar refractivity (Wildman–Crippen MR) is 106 cm³/mol. The van der Waals surface area contributed by atoms with Gasteiger partial charge in [0.15, 0.2) is 0 Å². The van der Waals surface area contributed by atoms with E-state index in [0.717, 1.165) is 11.1 Å². The number of benzene rings is 2. The van der Waals surface area contributed by atoms with Crippen molar-refractivity contribution < 1.29 is 21.6 Å². The Hall–Kier alpha value is -1.78. The third kappa shape index (κ3) is 4.98. The second-order valence-corrected chi connectivity index (χ2v) is 10.3. The highest BCUT2D eigenvalue weighted by molar-refractivity contribution is 7.89. The molecule has 0 radical (unpaired) electrons. The average Bonchev–Trinajstić information content (AvgIpc) is 2.69. The molecule has 28 heavy (non-hydrogen) atoms. The molecule has 1 fully saturated rings. The molecule has 1 N–H and O–H groups in total. The first kappa shape index (κ1) is 20.9. The first-order valence-electron chi connectivity index (χ1n) is 9.02. The second-order valence-electron chi connectivity index (χ2n) is 6.62. The number of nitrogens with one attached hydrogen (secondary N) is 1. The maximum atomic E-state index is 12.6. The summed E-state index contributed by atoms with van der Waals surface area (Å²) in [5, 5.41) is 0. The first-order chi connectivity index (χ1) is 13.3. The lowest BCUT2D eigenvalue weighted by molar-refractivity contribution is 0.0730. The number of sulfonamides is 2. The van der Waals surface area contributed by atoms with E-state index in [-0.39, 0.29) is 16.3 Å². The van der Waals surface area contributed by atoms with Gasteiger partial charge in [-0.1, -0.05) is 29.8 Å². The van der Waals surface area contributed by atoms with Crippen molar-refractivity contribution in [1.82, 2.24) is 9.03 Å². The van der Waals surface area contributed by atoms with Crippen LogP contribution in [0, 0.1) is 6.92 Å². The first-order valence-corrected chi connectivity index (χ1v) is 11.9. The summed E-state index contributed by atoms with van der Waals surface area (Å²) in [6.45, 7) is 3.63. The summed E-state index contributed by atoms with van der Waals surface area (Å²) in [6.07, 6.45) is 0.461. The summed E-state index contributed by atoms with van der Waals surface area (Å²) in [6, 6.07) is 13.2. The molecule has 2 aromatic carbocycles. The fraction of sp³-hybridized carbons (Fsp3) is 0.368. The summed E-state index contributed by atoms with van der Waals surface area (Å²) in [7, 11) is -7.08. The van der Waals surface area contributed by atoms with Crippen molar-refractivity contribution in [2.24, 2.45) is 0 Å². The van der Waals surface area contributed by atoms with Crippen LogP contribution in [0.3, 0.4) is 0 Å². The van der Waals surface area contributed by atoms with Crippen LogP contribution in [0.4, 0.5) is 0 Å². The highest BCUT2D eigenvalue weighted by Crippen LogP contribution is 2.18. The van der Waals surface area contributed by atoms with Crippen molar-refractivity contribution in [3.63, 3.8) is 0 Å². The zero-order valence-corrected chi connectivity index (χ0v) is 17.3. The minimum Gasteiger partial charge on any atom is -0.379 e. The van der Waals surface area contributed by atoms with Gasteiger partial charge in [-0.15, -0.1) is 0 Å². The van der Waals surface area contributed by atoms with E-state index in [4.69, 9.17) is 4.74 Å². The SMILES string of the molecule is Cc1ccc(S(=O)(=O)NCCc2ccc(S(=O)(=O)N3CCOCC3)cc2)cc1. The second kappa shape index (κ2) is 8.71. The van der Waals surface area contributed by atoms with Gasteiger partial charge >= 0.3 is 0 Å². The smallest absolute Gasteiger partial charge is 0.243 e. The third-order valence-corrected chi connectivity index (χ3v) is 7.96. The molecule has 0 unspecified atom stereocenters. The van der Waals surface area contributed by atoms with E-state index in [0.29, 0.717) is 32.7 Å². The number of hydrogen-bond acceptors (Lipinski definition) is 5. The lowest BCUT2D eigenvalue weighted by atomic mass is 10.2. The molecule has 2 aromatic rings. The molecule has 0 spiro atoms. The molecule has 1 heterocycles. The third-order valence-electron chi connectivity index (χ3n) is 4.57. The van der Waals surface area contributed by atoms with Crippen molar-refractivity contribution in [3.8, 4) is 0 Å². The molecule has 0 aromatic heterocycles. The molecule has 3 rings (SSSR count). The van der Waals surface area contributed by atoms with Crippen LogP contribution in [-0.4, -0.2) is 54.0 Å². The van der Waals surface area contributed by atoms with Gasteiger partial charge in [-0.25, -0.2) is 21.6 Å². The average molecular weight is 425 g/mol. The predicted octanol–water partition coefficient (Wildman–Crippen LogP) is 1.54. The quantitative estimate of drug-likeness (QED) is 0.728. The lowest BCUT2D eigenvalue weighted by Crippen LogP contribution is -2.40. The zero-order valence-electron chi connectivity index (χ0n) is 15.7. The topological polar surface area (TPSA) is 92.8 Å². The molecule has 152 valence electrons. The Balaban J connectivity index is 1.59. The lowest BCUT2D eigenvalue weighted by Gasteiger charge is -2.26. The van der Waals surface area contributed by atoms with Crippen LogP contribution >= 0.6 is 0 Å². The van der Waals surface area contributed by atoms with Gasteiger partial charge in [0.05, 0.1) is 23.0 Å². The maximum absolute atomic E-state index is 12.6. The molecular formula is C19H24N2O5S2. The standard InChI is InChI=1S/C19H24N2O5S2/c1-16-2-6-18(7-3-16)27(22,23)20-11-10-17-4-8-19(9-5-17)28(24,25)21-12-14-26-15-13-21/h2-9,20H,10-15H2,1H3. The van der Waals surface area contributed by atoms with Gasteiger partial charge in [-0.2, -0.15) is 4.31 Å². The van der Waals surface area contributed by atoms with E-state index in [1.54, 1.807) is 48.5 Å². The largest absolute Gasteiger partial charge is 0.379 e. The number of nitrogens with zero attached hydrogens (tertiary/aromatic N) is 1. The van der Waals surface area contributed by atoms with Crippen LogP contribution in [0.5, 0.6) is 0 Å². The number of hydrogen-bond donors (Lipinski definition) is 1. The van der Waals surface area contributed by atoms with Gasteiger partial charge in [0.1, 0.15) is 0 Å². The maximum Gasteiger partial charge on any atom is 0.243 e. The molecule has 0 aliphatic carbocycles. The monoisotopic (exact) mass is 424 g/mol. The van der Waals surface area contributed by atoms with Crippen LogP contribution in [-0.2, 0) is 31.2 Å². The number of morpholine rings is 1. The Morgan fingerprint density at radius 1 is 0.893 bits per heavy atom. The molecule has 0 bridgehead atoms. The molecule has 0 atom stereocenters. The summed E-state index contributed by atoms with van der Waals surface area (Å²) >= 11 is 0. The summed E-state index contributed by atoms with van der Waals surface area (Å²) in [5.41, 5.74) is 1.85. The Labute approximate surface area is 166 Å². The Morgan fingerprint density at radius 3 is 2.07 bits per heavy atom. The van der Waals surface area contributed by atoms with Crippen molar-refractivity contribution >= 4 is 20.0 Å². The number of rotatable bonds is 7. The molecule has 1 aliphatic rings. The van der Waals surface area contributed by atoms with E-state index < -0.39 is 20.0 Å². The minimum atomic E-state index is -3.56. The molecule has 7 nitrogen and oxygen atoms in total. The van der Waals surface area contributed by atoms with Crippen LogP contribution in [0.1, 0.15) is 11.1 Å². The van der Waals surface area contributed by atoms with Crippen molar-refractivity contribution in [2.45, 2.75) is 23.1 Å². The fourth-order valence-corrected chi connectivity index (χ4v) is 5.33. The normalized spacial score (nSPS) is 16.2. The Morgan fingerprint density at radius 2 is 1.46 bits per heavy atom. The minimum absolute atomic E-state index is 0.227. The molecule has 1 saturated heterocycles. The van der Waals surface area contributed by atoms with E-state index in [1.165, 1.54) is 4.31 Å².